The number of hydrogen-bond acceptors (Lipinski definition) is 8. The molecule has 0 saturated heterocycles. The number of carbonyl (C=O) groups excluding carboxylic acids is 1. The van der Waals surface area contributed by atoms with Crippen LogP contribution in [-0.2, 0) is 4.74 Å². The lowest BCUT2D eigenvalue weighted by molar-refractivity contribution is -0.384. The predicted octanol–water partition coefficient (Wildman–Crippen LogP) is 6.43. The zero-order valence-corrected chi connectivity index (χ0v) is 20.1. The number of carbonyl (C=O) groups is 1. The van der Waals surface area contributed by atoms with E-state index in [2.05, 4.69) is 4.99 Å². The fraction of sp³-hybridized carbons (Fsp3) is 0.154. The van der Waals surface area contributed by atoms with E-state index in [-0.39, 0.29) is 23.6 Å². The summed E-state index contributed by atoms with van der Waals surface area (Å²) in [5.74, 6) is 0.0813. The van der Waals surface area contributed by atoms with Crippen LogP contribution in [0.15, 0.2) is 59.6 Å². The Labute approximate surface area is 205 Å². The molecule has 0 radical (unpaired) electrons. The Hall–Kier alpha value is -4.24. The number of phenols is 1. The number of aromatic hydroxyl groups is 1. The quantitative estimate of drug-likeness (QED) is 0.138. The van der Waals surface area contributed by atoms with Crippen LogP contribution < -0.4 is 4.74 Å². The third kappa shape index (κ3) is 4.85. The Morgan fingerprint density at radius 3 is 2.60 bits per heavy atom. The lowest BCUT2D eigenvalue weighted by atomic mass is 9.98. The highest BCUT2D eigenvalue weighted by Crippen LogP contribution is 2.43. The van der Waals surface area contributed by atoms with E-state index >= 15 is 0 Å². The summed E-state index contributed by atoms with van der Waals surface area (Å²) in [6.07, 6.45) is 1.31. The zero-order valence-electron chi connectivity index (χ0n) is 19.3. The zero-order chi connectivity index (χ0) is 25.1. The van der Waals surface area contributed by atoms with Crippen LogP contribution in [0.3, 0.4) is 0 Å². The molecular weight excluding hydrogens is 468 g/mol. The van der Waals surface area contributed by atoms with Crippen LogP contribution in [0.1, 0.15) is 27.7 Å². The molecule has 4 aromatic rings. The molecule has 0 aliphatic carbocycles. The van der Waals surface area contributed by atoms with Gasteiger partial charge < -0.3 is 14.6 Å². The number of fused-ring (bicyclic) bond motifs is 1. The van der Waals surface area contributed by atoms with Gasteiger partial charge in [0.2, 0.25) is 0 Å². The van der Waals surface area contributed by atoms with Crippen molar-refractivity contribution in [2.24, 2.45) is 4.99 Å². The Bertz CT molecular complexity index is 1470. The number of phenolic OH excluding ortho intramolecular Hbond substituents is 1. The van der Waals surface area contributed by atoms with Crippen LogP contribution in [0.4, 0.5) is 10.7 Å². The van der Waals surface area contributed by atoms with Crippen LogP contribution in [0, 0.1) is 17.0 Å². The van der Waals surface area contributed by atoms with Gasteiger partial charge in [-0.05, 0) is 54.4 Å². The Balaban J connectivity index is 1.83. The molecule has 0 unspecified atom stereocenters. The second-order valence-corrected chi connectivity index (χ2v) is 8.82. The molecule has 1 aromatic heterocycles. The van der Waals surface area contributed by atoms with Crippen molar-refractivity contribution in [2.45, 2.75) is 13.8 Å². The van der Waals surface area contributed by atoms with Crippen molar-refractivity contribution in [1.29, 1.82) is 0 Å². The number of aliphatic imine (C=N–C) groups is 1. The molecule has 0 amide bonds. The summed E-state index contributed by atoms with van der Waals surface area (Å²) in [5, 5.41) is 23.6. The number of nitro benzene ring substituents is 1. The third-order valence-electron chi connectivity index (χ3n) is 5.42. The van der Waals surface area contributed by atoms with E-state index in [9.17, 15) is 20.0 Å². The fourth-order valence-electron chi connectivity index (χ4n) is 3.75. The molecule has 0 aliphatic heterocycles. The maximum Gasteiger partial charge on any atom is 0.341 e. The molecule has 1 N–H and O–H groups in total. The van der Waals surface area contributed by atoms with Crippen molar-refractivity contribution in [3.63, 3.8) is 0 Å². The van der Waals surface area contributed by atoms with Gasteiger partial charge in [-0.15, -0.1) is 11.3 Å². The van der Waals surface area contributed by atoms with Crippen molar-refractivity contribution in [1.82, 2.24) is 0 Å². The molecule has 178 valence electrons. The molecule has 0 saturated carbocycles. The summed E-state index contributed by atoms with van der Waals surface area (Å²) in [7, 11) is 1.62. The predicted molar refractivity (Wildman–Crippen MR) is 137 cm³/mol. The summed E-state index contributed by atoms with van der Waals surface area (Å²) in [4.78, 5) is 28.8. The van der Waals surface area contributed by atoms with E-state index in [0.717, 1.165) is 27.0 Å². The number of non-ortho nitro benzene ring substituents is 1. The first-order valence-corrected chi connectivity index (χ1v) is 11.5. The minimum absolute atomic E-state index is 0.157. The average molecular weight is 491 g/mol. The fourth-order valence-corrected chi connectivity index (χ4v) is 4.76. The topological polar surface area (TPSA) is 111 Å². The van der Waals surface area contributed by atoms with Crippen LogP contribution >= 0.6 is 11.3 Å². The van der Waals surface area contributed by atoms with Gasteiger partial charge in [0.15, 0.2) is 0 Å². The molecule has 8 nitrogen and oxygen atoms in total. The normalized spacial score (nSPS) is 11.2. The van der Waals surface area contributed by atoms with Crippen LogP contribution in [0.25, 0.3) is 21.9 Å². The van der Waals surface area contributed by atoms with Crippen molar-refractivity contribution in [2.75, 3.05) is 13.7 Å². The van der Waals surface area contributed by atoms with E-state index in [1.165, 1.54) is 35.8 Å². The van der Waals surface area contributed by atoms with Gasteiger partial charge in [-0.1, -0.05) is 18.2 Å². The number of esters is 1. The molecule has 0 aliphatic rings. The van der Waals surface area contributed by atoms with Gasteiger partial charge in [0, 0.05) is 34.4 Å². The third-order valence-corrected chi connectivity index (χ3v) is 6.44. The maximum absolute atomic E-state index is 13.0. The van der Waals surface area contributed by atoms with Gasteiger partial charge in [-0.3, -0.25) is 10.1 Å². The smallest absolute Gasteiger partial charge is 0.341 e. The number of thiophene rings is 1. The summed E-state index contributed by atoms with van der Waals surface area (Å²) in [5.41, 5.74) is 1.84. The molecule has 0 atom stereocenters. The first-order valence-electron chi connectivity index (χ1n) is 10.7. The molecule has 0 fully saturated rings. The molecule has 3 aromatic carbocycles. The van der Waals surface area contributed by atoms with E-state index < -0.39 is 10.9 Å². The number of aryl methyl sites for hydroxylation is 1. The molecule has 0 spiro atoms. The van der Waals surface area contributed by atoms with Crippen molar-refractivity contribution >= 4 is 45.0 Å². The highest BCUT2D eigenvalue weighted by Gasteiger charge is 2.24. The standard InChI is InChI=1S/C26H22N2O6S/c1-4-34-26(30)24-23(18-6-5-17-13-21(33-3)9-7-16(17)11-18)15(2)35-25(24)27-14-19-12-20(28(31)32)8-10-22(19)29/h5-14,29H,4H2,1-3H3/b27-14+. The van der Waals surface area contributed by atoms with Gasteiger partial charge in [-0.2, -0.15) is 0 Å². The molecule has 35 heavy (non-hydrogen) atoms. The Morgan fingerprint density at radius 1 is 1.14 bits per heavy atom. The van der Waals surface area contributed by atoms with Crippen LogP contribution in [0.5, 0.6) is 11.5 Å². The number of benzene rings is 3. The number of hydrogen-bond donors (Lipinski definition) is 1. The monoisotopic (exact) mass is 490 g/mol. The lowest BCUT2D eigenvalue weighted by Gasteiger charge is -2.09. The molecular formula is C26H22N2O6S. The highest BCUT2D eigenvalue weighted by atomic mass is 32.1. The van der Waals surface area contributed by atoms with Crippen molar-refractivity contribution in [3.8, 4) is 22.6 Å². The molecule has 1 heterocycles. The summed E-state index contributed by atoms with van der Waals surface area (Å²) < 4.78 is 10.6. The van der Waals surface area contributed by atoms with Gasteiger partial charge in [0.05, 0.1) is 18.6 Å². The lowest BCUT2D eigenvalue weighted by Crippen LogP contribution is -2.05. The van der Waals surface area contributed by atoms with E-state index in [4.69, 9.17) is 9.47 Å². The van der Waals surface area contributed by atoms with Gasteiger partial charge in [-0.25, -0.2) is 9.79 Å². The largest absolute Gasteiger partial charge is 0.507 e. The second kappa shape index (κ2) is 9.94. The SMILES string of the molecule is CCOC(=O)c1c(/N=C/c2cc([N+](=O)[O-])ccc2O)sc(C)c1-c1ccc2cc(OC)ccc2c1. The number of rotatable bonds is 7. The van der Waals surface area contributed by atoms with E-state index in [0.29, 0.717) is 16.1 Å². The summed E-state index contributed by atoms with van der Waals surface area (Å²) >= 11 is 1.30. The number of nitrogens with zero attached hydrogens (tertiary/aromatic N) is 2. The van der Waals surface area contributed by atoms with Gasteiger partial charge >= 0.3 is 5.97 Å². The van der Waals surface area contributed by atoms with E-state index in [1.54, 1.807) is 14.0 Å². The van der Waals surface area contributed by atoms with E-state index in [1.807, 2.05) is 43.3 Å². The minimum Gasteiger partial charge on any atom is -0.507 e. The van der Waals surface area contributed by atoms with Gasteiger partial charge in [0.25, 0.3) is 5.69 Å². The summed E-state index contributed by atoms with van der Waals surface area (Å²) in [6.45, 7) is 3.81. The first kappa shape index (κ1) is 23.9. The summed E-state index contributed by atoms with van der Waals surface area (Å²) in [6, 6.07) is 15.3. The Kier molecular flexibility index (Phi) is 6.79. The highest BCUT2D eigenvalue weighted by molar-refractivity contribution is 7.16. The average Bonchev–Trinajstić information content (AvgIpc) is 3.18. The van der Waals surface area contributed by atoms with Crippen LogP contribution in [-0.4, -0.2) is 35.9 Å². The maximum atomic E-state index is 13.0. The van der Waals surface area contributed by atoms with Gasteiger partial charge in [0.1, 0.15) is 22.1 Å². The minimum atomic E-state index is -0.552. The number of ether oxygens (including phenoxy) is 2. The first-order chi connectivity index (χ1) is 16.8. The van der Waals surface area contributed by atoms with Crippen molar-refractivity contribution in [3.05, 3.63) is 80.7 Å². The number of nitro groups is 1. The molecule has 9 heteroatoms. The molecule has 4 rings (SSSR count). The second-order valence-electron chi connectivity index (χ2n) is 7.62. The molecule has 0 bridgehead atoms. The number of methoxy groups -OCH3 is 1. The van der Waals surface area contributed by atoms with Crippen LogP contribution in [0.2, 0.25) is 0 Å². The Morgan fingerprint density at radius 2 is 1.89 bits per heavy atom. The van der Waals surface area contributed by atoms with Crippen molar-refractivity contribution < 1.29 is 24.3 Å².